The molecule has 1 heterocycles. The normalized spacial score (nSPS) is 10.6. The van der Waals surface area contributed by atoms with Gasteiger partial charge in [0, 0.05) is 17.8 Å². The summed E-state index contributed by atoms with van der Waals surface area (Å²) in [5, 5.41) is 6.00. The highest BCUT2D eigenvalue weighted by atomic mass is 16.2. The molecular formula is C21H22N4O3. The van der Waals surface area contributed by atoms with Crippen LogP contribution in [0.15, 0.2) is 53.3 Å². The first-order valence-electron chi connectivity index (χ1n) is 9.14. The van der Waals surface area contributed by atoms with Gasteiger partial charge in [0.25, 0.3) is 11.5 Å². The minimum atomic E-state index is -0.367. The zero-order valence-corrected chi connectivity index (χ0v) is 15.9. The monoisotopic (exact) mass is 378 g/mol. The van der Waals surface area contributed by atoms with Crippen molar-refractivity contribution in [1.29, 1.82) is 0 Å². The molecule has 1 aromatic heterocycles. The van der Waals surface area contributed by atoms with Crippen LogP contribution in [-0.2, 0) is 11.3 Å². The highest BCUT2D eigenvalue weighted by Crippen LogP contribution is 2.12. The average Bonchev–Trinajstić information content (AvgIpc) is 2.69. The zero-order chi connectivity index (χ0) is 20.1. The predicted molar refractivity (Wildman–Crippen MR) is 108 cm³/mol. The van der Waals surface area contributed by atoms with Crippen molar-refractivity contribution in [1.82, 2.24) is 14.9 Å². The second-order valence-electron chi connectivity index (χ2n) is 6.45. The maximum atomic E-state index is 12.7. The smallest absolute Gasteiger partial charge is 0.261 e. The molecule has 0 unspecified atom stereocenters. The van der Waals surface area contributed by atoms with Crippen molar-refractivity contribution >= 4 is 28.4 Å². The lowest BCUT2D eigenvalue weighted by Crippen LogP contribution is -2.30. The summed E-state index contributed by atoms with van der Waals surface area (Å²) >= 11 is 0. The molecule has 7 heteroatoms. The van der Waals surface area contributed by atoms with Crippen LogP contribution in [0.3, 0.4) is 0 Å². The Hall–Kier alpha value is -3.48. The molecule has 0 fully saturated rings. The summed E-state index contributed by atoms with van der Waals surface area (Å²) in [6.07, 6.45) is 0.843. The van der Waals surface area contributed by atoms with E-state index in [9.17, 15) is 14.4 Å². The minimum Gasteiger partial charge on any atom is -0.352 e. The van der Waals surface area contributed by atoms with Crippen molar-refractivity contribution in [2.45, 2.75) is 26.8 Å². The van der Waals surface area contributed by atoms with Crippen molar-refractivity contribution in [2.75, 3.05) is 11.9 Å². The van der Waals surface area contributed by atoms with Gasteiger partial charge < -0.3 is 10.6 Å². The number of hydrogen-bond acceptors (Lipinski definition) is 4. The molecule has 2 N–H and O–H groups in total. The molecule has 2 aromatic carbocycles. The Bertz CT molecular complexity index is 1090. The van der Waals surface area contributed by atoms with Crippen molar-refractivity contribution in [3.8, 4) is 0 Å². The summed E-state index contributed by atoms with van der Waals surface area (Å²) in [5.74, 6) is -0.0938. The standard InChI is InChI=1S/C21H22N4O3/c1-3-11-22-20(27)15-7-6-8-16(12-15)24-19(26)13-25-14(2)23-18-10-5-4-9-17(18)21(25)28/h4-10,12H,3,11,13H2,1-2H3,(H,22,27)(H,24,26). The summed E-state index contributed by atoms with van der Waals surface area (Å²) in [7, 11) is 0. The lowest BCUT2D eigenvalue weighted by molar-refractivity contribution is -0.116. The van der Waals surface area contributed by atoms with E-state index >= 15 is 0 Å². The Morgan fingerprint density at radius 1 is 1.11 bits per heavy atom. The molecule has 3 rings (SSSR count). The van der Waals surface area contributed by atoms with Crippen molar-refractivity contribution < 1.29 is 9.59 Å². The number of para-hydroxylation sites is 1. The summed E-state index contributed by atoms with van der Waals surface area (Å²) in [6.45, 7) is 4.10. The van der Waals surface area contributed by atoms with E-state index < -0.39 is 0 Å². The second kappa shape index (κ2) is 8.47. The van der Waals surface area contributed by atoms with E-state index in [-0.39, 0.29) is 23.9 Å². The van der Waals surface area contributed by atoms with E-state index in [0.29, 0.717) is 34.5 Å². The number of aryl methyl sites for hydroxylation is 1. The van der Waals surface area contributed by atoms with Crippen LogP contribution >= 0.6 is 0 Å². The first-order valence-corrected chi connectivity index (χ1v) is 9.14. The van der Waals surface area contributed by atoms with Gasteiger partial charge in [-0.15, -0.1) is 0 Å². The van der Waals surface area contributed by atoms with Crippen LogP contribution < -0.4 is 16.2 Å². The fourth-order valence-electron chi connectivity index (χ4n) is 2.89. The summed E-state index contributed by atoms with van der Waals surface area (Å²) in [5.41, 5.74) is 1.30. The van der Waals surface area contributed by atoms with E-state index in [2.05, 4.69) is 15.6 Å². The number of carbonyl (C=O) groups excluding carboxylic acids is 2. The minimum absolute atomic E-state index is 0.158. The largest absolute Gasteiger partial charge is 0.352 e. The molecule has 2 amide bonds. The van der Waals surface area contributed by atoms with Gasteiger partial charge >= 0.3 is 0 Å². The van der Waals surface area contributed by atoms with Gasteiger partial charge in [-0.3, -0.25) is 19.0 Å². The van der Waals surface area contributed by atoms with E-state index in [4.69, 9.17) is 0 Å². The molecule has 0 atom stereocenters. The number of anilines is 1. The van der Waals surface area contributed by atoms with Crippen LogP contribution in [0.4, 0.5) is 5.69 Å². The Kier molecular flexibility index (Phi) is 5.84. The van der Waals surface area contributed by atoms with Crippen molar-refractivity contribution in [3.05, 3.63) is 70.3 Å². The van der Waals surface area contributed by atoms with Gasteiger partial charge in [0.2, 0.25) is 5.91 Å². The third kappa shape index (κ3) is 4.25. The van der Waals surface area contributed by atoms with Crippen LogP contribution in [-0.4, -0.2) is 27.9 Å². The van der Waals surface area contributed by atoms with E-state index in [1.54, 1.807) is 49.4 Å². The third-order valence-electron chi connectivity index (χ3n) is 4.30. The van der Waals surface area contributed by atoms with Crippen LogP contribution in [0, 0.1) is 6.92 Å². The van der Waals surface area contributed by atoms with E-state index in [1.165, 1.54) is 4.57 Å². The Balaban J connectivity index is 1.77. The number of aromatic nitrogens is 2. The number of benzene rings is 2. The van der Waals surface area contributed by atoms with E-state index in [1.807, 2.05) is 13.0 Å². The molecule has 0 aliphatic carbocycles. The molecule has 0 bridgehead atoms. The molecular weight excluding hydrogens is 356 g/mol. The van der Waals surface area contributed by atoms with Gasteiger partial charge in [0.05, 0.1) is 10.9 Å². The maximum Gasteiger partial charge on any atom is 0.261 e. The van der Waals surface area contributed by atoms with Gasteiger partial charge in [0.15, 0.2) is 0 Å². The van der Waals surface area contributed by atoms with Gasteiger partial charge in [-0.1, -0.05) is 25.1 Å². The predicted octanol–water partition coefficient (Wildman–Crippen LogP) is 2.48. The summed E-state index contributed by atoms with van der Waals surface area (Å²) in [6, 6.07) is 13.7. The van der Waals surface area contributed by atoms with Crippen LogP contribution in [0.25, 0.3) is 10.9 Å². The first-order chi connectivity index (χ1) is 13.5. The fraction of sp³-hybridized carbons (Fsp3) is 0.238. The highest BCUT2D eigenvalue weighted by molar-refractivity contribution is 5.97. The van der Waals surface area contributed by atoms with Gasteiger partial charge in [-0.25, -0.2) is 4.98 Å². The quantitative estimate of drug-likeness (QED) is 0.689. The van der Waals surface area contributed by atoms with Crippen LogP contribution in [0.5, 0.6) is 0 Å². The van der Waals surface area contributed by atoms with Gasteiger partial charge in [-0.2, -0.15) is 0 Å². The number of fused-ring (bicyclic) bond motifs is 1. The molecule has 0 spiro atoms. The summed E-state index contributed by atoms with van der Waals surface area (Å²) in [4.78, 5) is 41.6. The molecule has 0 radical (unpaired) electrons. The Labute approximate surface area is 162 Å². The molecule has 28 heavy (non-hydrogen) atoms. The number of nitrogens with one attached hydrogen (secondary N) is 2. The highest BCUT2D eigenvalue weighted by Gasteiger charge is 2.12. The SMILES string of the molecule is CCCNC(=O)c1cccc(NC(=O)Cn2c(C)nc3ccccc3c2=O)c1. The fourth-order valence-corrected chi connectivity index (χ4v) is 2.89. The van der Waals surface area contributed by atoms with Crippen molar-refractivity contribution in [3.63, 3.8) is 0 Å². The molecule has 144 valence electrons. The van der Waals surface area contributed by atoms with E-state index in [0.717, 1.165) is 6.42 Å². The van der Waals surface area contributed by atoms with Crippen LogP contribution in [0.1, 0.15) is 29.5 Å². The first kappa shape index (κ1) is 19.3. The summed E-state index contributed by atoms with van der Waals surface area (Å²) < 4.78 is 1.34. The molecule has 0 saturated carbocycles. The molecule has 0 saturated heterocycles. The van der Waals surface area contributed by atoms with Crippen molar-refractivity contribution in [2.24, 2.45) is 0 Å². The molecule has 0 aliphatic heterocycles. The Morgan fingerprint density at radius 3 is 2.68 bits per heavy atom. The molecule has 3 aromatic rings. The number of nitrogens with zero attached hydrogens (tertiary/aromatic N) is 2. The molecule has 0 aliphatic rings. The number of carbonyl (C=O) groups is 2. The Morgan fingerprint density at radius 2 is 1.89 bits per heavy atom. The second-order valence-corrected chi connectivity index (χ2v) is 6.45. The lowest BCUT2D eigenvalue weighted by Gasteiger charge is -2.12. The zero-order valence-electron chi connectivity index (χ0n) is 15.9. The van der Waals surface area contributed by atoms with Gasteiger partial charge in [0.1, 0.15) is 12.4 Å². The van der Waals surface area contributed by atoms with Gasteiger partial charge in [-0.05, 0) is 43.7 Å². The lowest BCUT2D eigenvalue weighted by atomic mass is 10.2. The average molecular weight is 378 g/mol. The number of rotatable bonds is 6. The molecule has 7 nitrogen and oxygen atoms in total. The van der Waals surface area contributed by atoms with Crippen LogP contribution in [0.2, 0.25) is 0 Å². The maximum absolute atomic E-state index is 12.7. The topological polar surface area (TPSA) is 93.1 Å². The third-order valence-corrected chi connectivity index (χ3v) is 4.30. The number of hydrogen-bond donors (Lipinski definition) is 2. The number of amides is 2.